The molecule has 0 bridgehead atoms. The molecule has 0 amide bonds. The van der Waals surface area contributed by atoms with Gasteiger partial charge in [0.05, 0.1) is 12.6 Å². The van der Waals surface area contributed by atoms with E-state index in [9.17, 15) is 8.78 Å². The van der Waals surface area contributed by atoms with Crippen molar-refractivity contribution in [1.82, 2.24) is 25.1 Å². The van der Waals surface area contributed by atoms with E-state index >= 15 is 0 Å². The monoisotopic (exact) mass is 417 g/mol. The molecule has 1 fully saturated rings. The van der Waals surface area contributed by atoms with Crippen LogP contribution in [0.3, 0.4) is 0 Å². The number of hydrogen-bond acceptors (Lipinski definition) is 5. The fourth-order valence-corrected chi connectivity index (χ4v) is 3.51. The van der Waals surface area contributed by atoms with E-state index in [2.05, 4.69) is 25.1 Å². The molecule has 1 aromatic heterocycles. The third kappa shape index (κ3) is 5.21. The molecule has 3 rings (SSSR count). The number of halogens is 2. The van der Waals surface area contributed by atoms with Crippen LogP contribution >= 0.6 is 0 Å². The zero-order valence-corrected chi connectivity index (χ0v) is 17.7. The van der Waals surface area contributed by atoms with Crippen LogP contribution in [0.2, 0.25) is 0 Å². The Labute approximate surface area is 176 Å². The van der Waals surface area contributed by atoms with Crippen LogP contribution in [0.4, 0.5) is 14.7 Å². The maximum atomic E-state index is 14.3. The first-order chi connectivity index (χ1) is 14.5. The normalized spacial score (nSPS) is 16.1. The van der Waals surface area contributed by atoms with Crippen LogP contribution in [0.5, 0.6) is 0 Å². The van der Waals surface area contributed by atoms with Crippen molar-refractivity contribution in [3.05, 3.63) is 53.9 Å². The number of rotatable bonds is 6. The molecule has 1 N–H and O–H groups in total. The second kappa shape index (κ2) is 10.3. The van der Waals surface area contributed by atoms with Gasteiger partial charge in [-0.2, -0.15) is 0 Å². The SMILES string of the molecule is CCNC(=NCC(c1c(F)cccc1F)N(C)C)N1CCN(c2ncccn2)CC1. The Morgan fingerprint density at radius 1 is 1.10 bits per heavy atom. The Morgan fingerprint density at radius 2 is 1.73 bits per heavy atom. The highest BCUT2D eigenvalue weighted by Gasteiger charge is 2.24. The number of hydrogen-bond donors (Lipinski definition) is 1. The smallest absolute Gasteiger partial charge is 0.225 e. The molecular weight excluding hydrogens is 388 g/mol. The second-order valence-electron chi connectivity index (χ2n) is 7.33. The number of nitrogens with zero attached hydrogens (tertiary/aromatic N) is 6. The maximum Gasteiger partial charge on any atom is 0.225 e. The van der Waals surface area contributed by atoms with Gasteiger partial charge in [0.1, 0.15) is 11.6 Å². The van der Waals surface area contributed by atoms with Crippen LogP contribution < -0.4 is 10.2 Å². The molecule has 7 nitrogen and oxygen atoms in total. The lowest BCUT2D eigenvalue weighted by Crippen LogP contribution is -2.53. The third-order valence-corrected chi connectivity index (χ3v) is 5.12. The largest absolute Gasteiger partial charge is 0.357 e. The van der Waals surface area contributed by atoms with E-state index in [0.29, 0.717) is 6.54 Å². The standard InChI is InChI=1S/C21H29F2N7/c1-4-24-20(29-11-13-30(14-12-29)21-25-9-6-10-26-21)27-15-18(28(2)3)19-16(22)7-5-8-17(19)23/h5-10,18H,4,11-15H2,1-3H3,(H,24,27). The summed E-state index contributed by atoms with van der Waals surface area (Å²) in [5.41, 5.74) is 0.0492. The van der Waals surface area contributed by atoms with Gasteiger partial charge >= 0.3 is 0 Å². The quantitative estimate of drug-likeness (QED) is 0.574. The van der Waals surface area contributed by atoms with E-state index in [1.165, 1.54) is 18.2 Å². The van der Waals surface area contributed by atoms with Crippen LogP contribution in [0.15, 0.2) is 41.7 Å². The lowest BCUT2D eigenvalue weighted by molar-refractivity contribution is 0.288. The highest BCUT2D eigenvalue weighted by molar-refractivity contribution is 5.80. The van der Waals surface area contributed by atoms with E-state index in [-0.39, 0.29) is 12.1 Å². The Hall–Kier alpha value is -2.81. The lowest BCUT2D eigenvalue weighted by Gasteiger charge is -2.36. The summed E-state index contributed by atoms with van der Waals surface area (Å²) >= 11 is 0. The average Bonchev–Trinajstić information content (AvgIpc) is 2.75. The summed E-state index contributed by atoms with van der Waals surface area (Å²) in [4.78, 5) is 19.4. The fraction of sp³-hybridized carbons (Fsp3) is 0.476. The van der Waals surface area contributed by atoms with Gasteiger partial charge in [-0.3, -0.25) is 4.99 Å². The van der Waals surface area contributed by atoms with E-state index in [1.54, 1.807) is 37.5 Å². The first-order valence-electron chi connectivity index (χ1n) is 10.2. The van der Waals surface area contributed by atoms with Crippen molar-refractivity contribution < 1.29 is 8.78 Å². The molecule has 1 unspecified atom stereocenters. The fourth-order valence-electron chi connectivity index (χ4n) is 3.51. The van der Waals surface area contributed by atoms with Gasteiger partial charge in [0.15, 0.2) is 5.96 Å². The number of nitrogens with one attached hydrogen (secondary N) is 1. The van der Waals surface area contributed by atoms with Crippen LogP contribution in [-0.2, 0) is 0 Å². The van der Waals surface area contributed by atoms with Crippen LogP contribution in [0.25, 0.3) is 0 Å². The number of piperazine rings is 1. The first kappa shape index (κ1) is 21.9. The van der Waals surface area contributed by atoms with Gasteiger partial charge in [-0.1, -0.05) is 6.07 Å². The predicted molar refractivity (Wildman–Crippen MR) is 115 cm³/mol. The first-order valence-corrected chi connectivity index (χ1v) is 10.2. The molecule has 1 atom stereocenters. The van der Waals surface area contributed by atoms with Crippen molar-refractivity contribution in [1.29, 1.82) is 0 Å². The zero-order valence-electron chi connectivity index (χ0n) is 17.7. The highest BCUT2D eigenvalue weighted by atomic mass is 19.1. The summed E-state index contributed by atoms with van der Waals surface area (Å²) in [6.07, 6.45) is 3.48. The number of benzene rings is 1. The van der Waals surface area contributed by atoms with Crippen molar-refractivity contribution in [3.8, 4) is 0 Å². The molecule has 1 aliphatic heterocycles. The number of aliphatic imine (C=N–C) groups is 1. The van der Waals surface area contributed by atoms with Gasteiger partial charge in [-0.25, -0.2) is 18.7 Å². The number of guanidine groups is 1. The van der Waals surface area contributed by atoms with Crippen molar-refractivity contribution in [2.24, 2.45) is 4.99 Å². The van der Waals surface area contributed by atoms with Crippen molar-refractivity contribution in [2.45, 2.75) is 13.0 Å². The van der Waals surface area contributed by atoms with Crippen molar-refractivity contribution >= 4 is 11.9 Å². The van der Waals surface area contributed by atoms with Gasteiger partial charge in [0, 0.05) is 50.7 Å². The Balaban J connectivity index is 1.72. The molecule has 1 aromatic carbocycles. The zero-order chi connectivity index (χ0) is 21.5. The average molecular weight is 418 g/mol. The van der Waals surface area contributed by atoms with Gasteiger partial charge in [0.2, 0.25) is 5.95 Å². The van der Waals surface area contributed by atoms with Crippen molar-refractivity contribution in [2.75, 3.05) is 58.3 Å². The molecule has 0 radical (unpaired) electrons. The number of aromatic nitrogens is 2. The molecule has 162 valence electrons. The number of anilines is 1. The Morgan fingerprint density at radius 3 is 2.30 bits per heavy atom. The molecule has 0 saturated carbocycles. The molecule has 0 spiro atoms. The molecule has 1 saturated heterocycles. The highest BCUT2D eigenvalue weighted by Crippen LogP contribution is 2.25. The van der Waals surface area contributed by atoms with E-state index < -0.39 is 17.7 Å². The van der Waals surface area contributed by atoms with Gasteiger partial charge < -0.3 is 20.0 Å². The van der Waals surface area contributed by atoms with E-state index in [1.807, 2.05) is 6.92 Å². The summed E-state index contributed by atoms with van der Waals surface area (Å²) in [6, 6.07) is 5.25. The van der Waals surface area contributed by atoms with Crippen molar-refractivity contribution in [3.63, 3.8) is 0 Å². The third-order valence-electron chi connectivity index (χ3n) is 5.12. The van der Waals surface area contributed by atoms with Crippen LogP contribution in [-0.4, -0.2) is 79.1 Å². The summed E-state index contributed by atoms with van der Waals surface area (Å²) < 4.78 is 28.7. The minimum atomic E-state index is -0.551. The van der Waals surface area contributed by atoms with Gasteiger partial charge in [-0.15, -0.1) is 0 Å². The second-order valence-corrected chi connectivity index (χ2v) is 7.33. The molecule has 9 heteroatoms. The van der Waals surface area contributed by atoms with E-state index in [0.717, 1.165) is 38.1 Å². The number of likely N-dealkylation sites (N-methyl/N-ethyl adjacent to an activating group) is 1. The Bertz CT molecular complexity index is 816. The summed E-state index contributed by atoms with van der Waals surface area (Å²) in [5, 5.41) is 3.30. The lowest BCUT2D eigenvalue weighted by atomic mass is 10.0. The summed E-state index contributed by atoms with van der Waals surface area (Å²) in [5.74, 6) is 0.368. The molecule has 30 heavy (non-hydrogen) atoms. The summed E-state index contributed by atoms with van der Waals surface area (Å²) in [7, 11) is 3.61. The van der Waals surface area contributed by atoms with Crippen LogP contribution in [0, 0.1) is 11.6 Å². The minimum absolute atomic E-state index is 0.0492. The maximum absolute atomic E-state index is 14.3. The topological polar surface area (TPSA) is 59.9 Å². The van der Waals surface area contributed by atoms with Crippen LogP contribution in [0.1, 0.15) is 18.5 Å². The molecule has 0 aliphatic carbocycles. The van der Waals surface area contributed by atoms with Gasteiger partial charge in [0.25, 0.3) is 0 Å². The molecule has 2 aromatic rings. The molecular formula is C21H29F2N7. The summed E-state index contributed by atoms with van der Waals surface area (Å²) in [6.45, 7) is 6.01. The van der Waals surface area contributed by atoms with Gasteiger partial charge in [-0.05, 0) is 39.2 Å². The Kier molecular flexibility index (Phi) is 7.51. The van der Waals surface area contributed by atoms with E-state index in [4.69, 9.17) is 4.99 Å². The predicted octanol–water partition coefficient (Wildman–Crippen LogP) is 2.15. The minimum Gasteiger partial charge on any atom is -0.357 e. The molecule has 2 heterocycles. The molecule has 1 aliphatic rings.